The van der Waals surface area contributed by atoms with Crippen molar-refractivity contribution >= 4 is 0 Å². The molecule has 0 unspecified atom stereocenters. The molecule has 0 aromatic heterocycles. The lowest BCUT2D eigenvalue weighted by molar-refractivity contribution is -0.898. The Morgan fingerprint density at radius 1 is 1.13 bits per heavy atom. The van der Waals surface area contributed by atoms with Crippen LogP contribution < -0.4 is 10.2 Å². The number of ether oxygens (including phenoxy) is 1. The van der Waals surface area contributed by atoms with Crippen LogP contribution in [0.15, 0.2) is 30.3 Å². The fourth-order valence-electron chi connectivity index (χ4n) is 4.72. The molecule has 3 nitrogen and oxygen atoms in total. The molecule has 23 heavy (non-hydrogen) atoms. The van der Waals surface area contributed by atoms with E-state index in [1.54, 1.807) is 0 Å². The smallest absolute Gasteiger partial charge is 0.101 e. The first-order valence-corrected chi connectivity index (χ1v) is 9.40. The normalized spacial score (nSPS) is 28.1. The first-order valence-electron chi connectivity index (χ1n) is 9.40. The van der Waals surface area contributed by atoms with Crippen LogP contribution in [0.1, 0.15) is 45.1 Å². The average Bonchev–Trinajstić information content (AvgIpc) is 3.00. The molecule has 0 radical (unpaired) electrons. The van der Waals surface area contributed by atoms with Crippen molar-refractivity contribution in [3.05, 3.63) is 35.9 Å². The molecule has 3 N–H and O–H groups in total. The van der Waals surface area contributed by atoms with Crippen LogP contribution in [0.2, 0.25) is 0 Å². The van der Waals surface area contributed by atoms with Gasteiger partial charge in [0.15, 0.2) is 0 Å². The van der Waals surface area contributed by atoms with Crippen molar-refractivity contribution in [2.24, 2.45) is 5.41 Å². The summed E-state index contributed by atoms with van der Waals surface area (Å²) in [6, 6.07) is 10.9. The minimum absolute atomic E-state index is 0.0397. The Morgan fingerprint density at radius 3 is 2.57 bits per heavy atom. The monoisotopic (exact) mass is 318 g/mol. The highest BCUT2D eigenvalue weighted by atomic mass is 16.5. The van der Waals surface area contributed by atoms with Crippen molar-refractivity contribution in [1.82, 2.24) is 0 Å². The van der Waals surface area contributed by atoms with Gasteiger partial charge in [0, 0.05) is 25.0 Å². The lowest BCUT2D eigenvalue weighted by atomic mass is 9.73. The molecule has 1 atom stereocenters. The van der Waals surface area contributed by atoms with Gasteiger partial charge in [0.25, 0.3) is 0 Å². The van der Waals surface area contributed by atoms with Gasteiger partial charge in [0.2, 0.25) is 0 Å². The molecule has 1 aromatic rings. The Morgan fingerprint density at radius 2 is 1.87 bits per heavy atom. The van der Waals surface area contributed by atoms with Crippen LogP contribution in [0, 0.1) is 5.41 Å². The number of likely N-dealkylation sites (tertiary alicyclic amines) is 1. The summed E-state index contributed by atoms with van der Waals surface area (Å²) >= 11 is 0. The van der Waals surface area contributed by atoms with Crippen LogP contribution >= 0.6 is 0 Å². The molecule has 0 spiro atoms. The SMILES string of the molecule is CC1(C)C[C@@](C[NH2+]Cc2ccccc2)(C[NH+]2CCCC2)CCO1. The molecule has 2 aliphatic heterocycles. The largest absolute Gasteiger partial charge is 0.376 e. The van der Waals surface area contributed by atoms with Gasteiger partial charge in [-0.15, -0.1) is 0 Å². The van der Waals surface area contributed by atoms with E-state index < -0.39 is 0 Å². The molecule has 0 amide bonds. The van der Waals surface area contributed by atoms with Gasteiger partial charge in [-0.1, -0.05) is 30.3 Å². The zero-order valence-corrected chi connectivity index (χ0v) is 14.9. The second kappa shape index (κ2) is 7.33. The molecule has 3 heteroatoms. The molecule has 0 bridgehead atoms. The van der Waals surface area contributed by atoms with Crippen molar-refractivity contribution in [2.45, 2.75) is 51.7 Å². The molecule has 3 rings (SSSR count). The van der Waals surface area contributed by atoms with Crippen LogP contribution in [-0.2, 0) is 11.3 Å². The fourth-order valence-corrected chi connectivity index (χ4v) is 4.72. The molecule has 2 saturated heterocycles. The van der Waals surface area contributed by atoms with Gasteiger partial charge in [-0.25, -0.2) is 0 Å². The van der Waals surface area contributed by atoms with Gasteiger partial charge in [-0.2, -0.15) is 0 Å². The molecular weight excluding hydrogens is 284 g/mol. The van der Waals surface area contributed by atoms with E-state index in [0.717, 1.165) is 13.2 Å². The van der Waals surface area contributed by atoms with Gasteiger partial charge in [0.1, 0.15) is 6.54 Å². The zero-order chi connectivity index (χ0) is 16.2. The van der Waals surface area contributed by atoms with Gasteiger partial charge in [-0.05, 0) is 26.7 Å². The molecule has 1 aromatic carbocycles. The summed E-state index contributed by atoms with van der Waals surface area (Å²) in [5.41, 5.74) is 1.91. The molecule has 0 aliphatic carbocycles. The van der Waals surface area contributed by atoms with Crippen LogP contribution in [-0.4, -0.2) is 38.4 Å². The number of benzene rings is 1. The summed E-state index contributed by atoms with van der Waals surface area (Å²) in [5.74, 6) is 0. The number of rotatable bonds is 6. The zero-order valence-electron chi connectivity index (χ0n) is 14.9. The lowest BCUT2D eigenvalue weighted by Gasteiger charge is -2.44. The van der Waals surface area contributed by atoms with E-state index in [-0.39, 0.29) is 5.60 Å². The number of nitrogens with two attached hydrogens (primary N) is 1. The van der Waals surface area contributed by atoms with Crippen molar-refractivity contribution in [3.8, 4) is 0 Å². The standard InChI is InChI=1S/C20H32N2O/c1-19(2)15-20(10-13-23-19,17-22-11-6-7-12-22)16-21-14-18-8-4-3-5-9-18/h3-5,8-9,21H,6-7,10-17H2,1-2H3/p+2/t20-/m0/s1. The van der Waals surface area contributed by atoms with Gasteiger partial charge < -0.3 is 15.0 Å². The maximum Gasteiger partial charge on any atom is 0.101 e. The molecular formula is C20H34N2O+2. The molecule has 2 fully saturated rings. The Kier molecular flexibility index (Phi) is 5.40. The van der Waals surface area contributed by atoms with E-state index in [9.17, 15) is 0 Å². The quantitative estimate of drug-likeness (QED) is 0.805. The predicted octanol–water partition coefficient (Wildman–Crippen LogP) is 1.00. The third kappa shape index (κ3) is 4.79. The van der Waals surface area contributed by atoms with Crippen molar-refractivity contribution in [2.75, 3.05) is 32.8 Å². The van der Waals surface area contributed by atoms with Crippen LogP contribution in [0.5, 0.6) is 0 Å². The van der Waals surface area contributed by atoms with E-state index in [2.05, 4.69) is 49.5 Å². The van der Waals surface area contributed by atoms with Gasteiger partial charge >= 0.3 is 0 Å². The number of quaternary nitrogens is 2. The Hall–Kier alpha value is -0.900. The van der Waals surface area contributed by atoms with E-state index in [1.165, 1.54) is 57.4 Å². The highest BCUT2D eigenvalue weighted by molar-refractivity contribution is 5.13. The third-order valence-electron chi connectivity index (χ3n) is 5.66. The highest BCUT2D eigenvalue weighted by Crippen LogP contribution is 2.37. The minimum atomic E-state index is 0.0397. The first-order chi connectivity index (χ1) is 11.1. The summed E-state index contributed by atoms with van der Waals surface area (Å²) in [6.45, 7) is 11.9. The van der Waals surface area contributed by atoms with E-state index in [4.69, 9.17) is 4.74 Å². The van der Waals surface area contributed by atoms with Crippen LogP contribution in [0.3, 0.4) is 0 Å². The van der Waals surface area contributed by atoms with Gasteiger partial charge in [0.05, 0.1) is 37.2 Å². The Labute approximate surface area is 141 Å². The topological polar surface area (TPSA) is 30.3 Å². The van der Waals surface area contributed by atoms with Crippen molar-refractivity contribution in [1.29, 1.82) is 0 Å². The number of hydrogen-bond acceptors (Lipinski definition) is 1. The van der Waals surface area contributed by atoms with Crippen molar-refractivity contribution < 1.29 is 15.0 Å². The number of hydrogen-bond donors (Lipinski definition) is 2. The number of nitrogens with one attached hydrogen (secondary N) is 1. The predicted molar refractivity (Wildman–Crippen MR) is 93.4 cm³/mol. The molecule has 128 valence electrons. The van der Waals surface area contributed by atoms with Crippen LogP contribution in [0.4, 0.5) is 0 Å². The fraction of sp³-hybridized carbons (Fsp3) is 0.700. The van der Waals surface area contributed by atoms with E-state index in [1.807, 2.05) is 4.90 Å². The highest BCUT2D eigenvalue weighted by Gasteiger charge is 2.45. The first kappa shape index (κ1) is 16.9. The maximum absolute atomic E-state index is 6.03. The summed E-state index contributed by atoms with van der Waals surface area (Å²) in [7, 11) is 0. The molecule has 2 heterocycles. The second-order valence-corrected chi connectivity index (χ2v) is 8.35. The van der Waals surface area contributed by atoms with E-state index >= 15 is 0 Å². The van der Waals surface area contributed by atoms with E-state index in [0.29, 0.717) is 5.41 Å². The van der Waals surface area contributed by atoms with Gasteiger partial charge in [-0.3, -0.25) is 0 Å². The summed E-state index contributed by atoms with van der Waals surface area (Å²) in [6.07, 6.45) is 5.26. The Bertz CT molecular complexity index is 482. The minimum Gasteiger partial charge on any atom is -0.376 e. The van der Waals surface area contributed by atoms with Crippen molar-refractivity contribution in [3.63, 3.8) is 0 Å². The summed E-state index contributed by atoms with van der Waals surface area (Å²) in [4.78, 5) is 1.83. The molecule has 0 saturated carbocycles. The maximum atomic E-state index is 6.03. The third-order valence-corrected chi connectivity index (χ3v) is 5.66. The Balaban J connectivity index is 1.62. The van der Waals surface area contributed by atoms with Crippen LogP contribution in [0.25, 0.3) is 0 Å². The summed E-state index contributed by atoms with van der Waals surface area (Å²) in [5, 5.41) is 2.53. The summed E-state index contributed by atoms with van der Waals surface area (Å²) < 4.78 is 6.03. The lowest BCUT2D eigenvalue weighted by Crippen LogP contribution is -3.12. The second-order valence-electron chi connectivity index (χ2n) is 8.35. The average molecular weight is 319 g/mol. The molecule has 2 aliphatic rings.